The molecule has 0 aliphatic carbocycles. The van der Waals surface area contributed by atoms with Crippen LogP contribution in [0.3, 0.4) is 0 Å². The van der Waals surface area contributed by atoms with Gasteiger partial charge in [0.1, 0.15) is 0 Å². The van der Waals surface area contributed by atoms with E-state index in [2.05, 4.69) is 5.48 Å². The van der Waals surface area contributed by atoms with Crippen LogP contribution in [0.15, 0.2) is 39.2 Å². The number of hydroxylamine groups is 1. The summed E-state index contributed by atoms with van der Waals surface area (Å²) in [5.74, 6) is -0.472. The first-order valence-corrected chi connectivity index (χ1v) is 5.43. The van der Waals surface area contributed by atoms with Crippen molar-refractivity contribution >= 4 is 22.7 Å². The van der Waals surface area contributed by atoms with Crippen LogP contribution >= 0.6 is 11.6 Å². The Balaban J connectivity index is 2.25. The summed E-state index contributed by atoms with van der Waals surface area (Å²) in [5.41, 5.74) is 4.64. The van der Waals surface area contributed by atoms with Crippen LogP contribution in [0.4, 0.5) is 0 Å². The first-order chi connectivity index (χ1) is 8.15. The Morgan fingerprint density at radius 3 is 3.00 bits per heavy atom. The van der Waals surface area contributed by atoms with Crippen LogP contribution in [-0.2, 0) is 4.84 Å². The van der Waals surface area contributed by atoms with Crippen molar-refractivity contribution in [1.29, 1.82) is 0 Å². The molecule has 3 rings (SSSR count). The Kier molecular flexibility index (Phi) is 2.24. The molecular weight excluding hydrogens is 244 g/mol. The molecule has 5 nitrogen and oxygen atoms in total. The van der Waals surface area contributed by atoms with E-state index >= 15 is 0 Å². The molecule has 1 aromatic carbocycles. The van der Waals surface area contributed by atoms with Gasteiger partial charge in [0.05, 0.1) is 5.52 Å². The smallest absolute Gasteiger partial charge is 0.408 e. The summed E-state index contributed by atoms with van der Waals surface area (Å²) in [6, 6.07) is 5.01. The largest absolute Gasteiger partial charge is 0.422 e. The lowest BCUT2D eigenvalue weighted by molar-refractivity contribution is 0.0000192. The van der Waals surface area contributed by atoms with E-state index in [0.717, 1.165) is 5.70 Å². The molecule has 1 unspecified atom stereocenters. The van der Waals surface area contributed by atoms with E-state index in [4.69, 9.17) is 20.9 Å². The third-order valence-corrected chi connectivity index (χ3v) is 2.80. The van der Waals surface area contributed by atoms with E-state index in [1.54, 1.807) is 24.3 Å². The Bertz CT molecular complexity index is 671. The van der Waals surface area contributed by atoms with E-state index in [1.165, 1.54) is 4.57 Å². The first-order valence-electron chi connectivity index (χ1n) is 5.06. The van der Waals surface area contributed by atoms with Crippen molar-refractivity contribution in [2.24, 2.45) is 0 Å². The third kappa shape index (κ3) is 1.64. The highest BCUT2D eigenvalue weighted by molar-refractivity contribution is 6.31. The minimum absolute atomic E-state index is 0.472. The van der Waals surface area contributed by atoms with Crippen LogP contribution < -0.4 is 11.2 Å². The Labute approximate surface area is 101 Å². The molecule has 1 aromatic heterocycles. The van der Waals surface area contributed by atoms with Crippen molar-refractivity contribution in [2.45, 2.75) is 13.2 Å². The summed E-state index contributed by atoms with van der Waals surface area (Å²) in [6.07, 6.45) is 1.28. The number of halogens is 1. The number of benzene rings is 1. The molecule has 0 radical (unpaired) electrons. The van der Waals surface area contributed by atoms with Gasteiger partial charge in [-0.15, -0.1) is 0 Å². The van der Waals surface area contributed by atoms with Gasteiger partial charge in [-0.2, -0.15) is 0 Å². The number of oxazole rings is 1. The van der Waals surface area contributed by atoms with Crippen LogP contribution in [0.5, 0.6) is 0 Å². The molecule has 1 aliphatic heterocycles. The van der Waals surface area contributed by atoms with E-state index in [9.17, 15) is 4.79 Å². The molecular formula is C11H9ClN2O3. The van der Waals surface area contributed by atoms with Crippen LogP contribution in [0.1, 0.15) is 13.2 Å². The number of rotatable bonds is 1. The average molecular weight is 253 g/mol. The van der Waals surface area contributed by atoms with Gasteiger partial charge in [-0.3, -0.25) is 5.48 Å². The predicted molar refractivity (Wildman–Crippen MR) is 62.5 cm³/mol. The molecule has 1 N–H and O–H groups in total. The van der Waals surface area contributed by atoms with Gasteiger partial charge in [0, 0.05) is 10.7 Å². The topological polar surface area (TPSA) is 56.4 Å². The van der Waals surface area contributed by atoms with Crippen molar-refractivity contribution in [1.82, 2.24) is 10.0 Å². The second-order valence-corrected chi connectivity index (χ2v) is 4.25. The normalized spacial score (nSPS) is 19.4. The monoisotopic (exact) mass is 252 g/mol. The van der Waals surface area contributed by atoms with E-state index in [0.29, 0.717) is 16.1 Å². The molecule has 88 valence electrons. The Hall–Kier alpha value is -1.72. The van der Waals surface area contributed by atoms with Crippen molar-refractivity contribution in [3.8, 4) is 0 Å². The minimum atomic E-state index is -0.512. The zero-order valence-corrected chi connectivity index (χ0v) is 9.69. The van der Waals surface area contributed by atoms with Crippen LogP contribution in [0.25, 0.3) is 11.1 Å². The lowest BCUT2D eigenvalue weighted by Gasteiger charge is -2.07. The summed E-state index contributed by atoms with van der Waals surface area (Å²) in [5, 5.41) is 0.540. The van der Waals surface area contributed by atoms with E-state index < -0.39 is 12.0 Å². The summed E-state index contributed by atoms with van der Waals surface area (Å²) >= 11 is 5.91. The molecule has 0 bridgehead atoms. The molecule has 17 heavy (non-hydrogen) atoms. The second kappa shape index (κ2) is 3.65. The van der Waals surface area contributed by atoms with Crippen molar-refractivity contribution in [3.63, 3.8) is 0 Å². The molecule has 1 atom stereocenters. The van der Waals surface area contributed by atoms with Crippen LogP contribution in [0, 0.1) is 0 Å². The lowest BCUT2D eigenvalue weighted by atomic mass is 10.3. The highest BCUT2D eigenvalue weighted by atomic mass is 35.5. The van der Waals surface area contributed by atoms with E-state index in [1.807, 2.05) is 6.92 Å². The molecule has 0 spiro atoms. The number of aromatic nitrogens is 1. The maximum Gasteiger partial charge on any atom is 0.422 e. The molecule has 2 aromatic rings. The Morgan fingerprint density at radius 1 is 1.47 bits per heavy atom. The van der Waals surface area contributed by atoms with Crippen molar-refractivity contribution in [3.05, 3.63) is 45.5 Å². The fourth-order valence-corrected chi connectivity index (χ4v) is 1.98. The first kappa shape index (κ1) is 10.4. The van der Waals surface area contributed by atoms with Gasteiger partial charge in [0.15, 0.2) is 11.8 Å². The predicted octanol–water partition coefficient (Wildman–Crippen LogP) is 2.19. The van der Waals surface area contributed by atoms with Gasteiger partial charge in [-0.1, -0.05) is 11.6 Å². The van der Waals surface area contributed by atoms with Gasteiger partial charge in [-0.05, 0) is 31.2 Å². The SMILES string of the molecule is CC1=CC(n2c(=O)oc3ccc(Cl)cc32)ON1. The number of allylic oxidation sites excluding steroid dienone is 1. The molecule has 0 amide bonds. The third-order valence-electron chi connectivity index (χ3n) is 2.56. The van der Waals surface area contributed by atoms with E-state index in [-0.39, 0.29) is 0 Å². The minimum Gasteiger partial charge on any atom is -0.408 e. The maximum atomic E-state index is 11.8. The van der Waals surface area contributed by atoms with Gasteiger partial charge in [0.2, 0.25) is 0 Å². The summed E-state index contributed by atoms with van der Waals surface area (Å²) in [4.78, 5) is 17.0. The fourth-order valence-electron chi connectivity index (χ4n) is 1.81. The molecule has 0 saturated carbocycles. The molecule has 1 aliphatic rings. The van der Waals surface area contributed by atoms with Crippen LogP contribution in [0.2, 0.25) is 5.02 Å². The Morgan fingerprint density at radius 2 is 2.29 bits per heavy atom. The van der Waals surface area contributed by atoms with Crippen molar-refractivity contribution < 1.29 is 9.25 Å². The standard InChI is InChI=1S/C11H9ClN2O3/c1-6-4-10(17-13-6)14-8-5-7(12)2-3-9(8)16-11(14)15/h2-5,10,13H,1H3. The molecule has 0 fully saturated rings. The van der Waals surface area contributed by atoms with Gasteiger partial charge in [0.25, 0.3) is 0 Å². The average Bonchev–Trinajstić information content (AvgIpc) is 2.81. The second-order valence-electron chi connectivity index (χ2n) is 3.81. The van der Waals surface area contributed by atoms with Gasteiger partial charge < -0.3 is 4.42 Å². The molecule has 0 saturated heterocycles. The summed E-state index contributed by atoms with van der Waals surface area (Å²) < 4.78 is 6.52. The van der Waals surface area contributed by atoms with Gasteiger partial charge in [-0.25, -0.2) is 14.2 Å². The van der Waals surface area contributed by atoms with Crippen molar-refractivity contribution in [2.75, 3.05) is 0 Å². The zero-order valence-electron chi connectivity index (χ0n) is 8.94. The highest BCUT2D eigenvalue weighted by Crippen LogP contribution is 2.24. The number of nitrogens with one attached hydrogen (secondary N) is 1. The summed E-state index contributed by atoms with van der Waals surface area (Å²) in [7, 11) is 0. The highest BCUT2D eigenvalue weighted by Gasteiger charge is 2.21. The number of fused-ring (bicyclic) bond motifs is 1. The zero-order chi connectivity index (χ0) is 12.0. The number of hydrogen-bond donors (Lipinski definition) is 1. The summed E-state index contributed by atoms with van der Waals surface area (Å²) in [6.45, 7) is 1.85. The van der Waals surface area contributed by atoms with Gasteiger partial charge >= 0.3 is 5.76 Å². The quantitative estimate of drug-likeness (QED) is 0.845. The molecule has 2 heterocycles. The van der Waals surface area contributed by atoms with Crippen LogP contribution in [-0.4, -0.2) is 4.57 Å². The molecule has 6 heteroatoms. The number of nitrogens with zero attached hydrogens (tertiary/aromatic N) is 1. The number of hydrogen-bond acceptors (Lipinski definition) is 4. The fraction of sp³-hybridized carbons (Fsp3) is 0.182. The maximum absolute atomic E-state index is 11.8. The lowest BCUT2D eigenvalue weighted by Crippen LogP contribution is -2.21.